The summed E-state index contributed by atoms with van der Waals surface area (Å²) < 4.78 is 6.13. The van der Waals surface area contributed by atoms with Crippen molar-refractivity contribution in [1.82, 2.24) is 0 Å². The molecule has 0 fully saturated rings. The fourth-order valence-corrected chi connectivity index (χ4v) is 3.42. The standard InChI is InChI=1S/C25H24BrNO2/c1-3-29-24(28)15-16-27-25(19-9-5-4-6-10-19)22-12-8-7-11-21(22)20-13-14-23(26)18(2)17-20/h4-14,17H,3,15-16H2,1-2H3. The van der Waals surface area contributed by atoms with Gasteiger partial charge in [0.2, 0.25) is 0 Å². The monoisotopic (exact) mass is 449 g/mol. The lowest BCUT2D eigenvalue weighted by Crippen LogP contribution is -2.09. The molecule has 29 heavy (non-hydrogen) atoms. The summed E-state index contributed by atoms with van der Waals surface area (Å²) in [6.45, 7) is 4.67. The van der Waals surface area contributed by atoms with Gasteiger partial charge < -0.3 is 4.74 Å². The average molecular weight is 450 g/mol. The molecule has 0 bridgehead atoms. The molecule has 0 aliphatic carbocycles. The van der Waals surface area contributed by atoms with Gasteiger partial charge in [-0.05, 0) is 36.6 Å². The van der Waals surface area contributed by atoms with E-state index >= 15 is 0 Å². The van der Waals surface area contributed by atoms with Crippen LogP contribution in [0.3, 0.4) is 0 Å². The van der Waals surface area contributed by atoms with Crippen molar-refractivity contribution in [3.8, 4) is 11.1 Å². The first kappa shape index (κ1) is 21.0. The molecule has 0 amide bonds. The number of aryl methyl sites for hydroxylation is 1. The van der Waals surface area contributed by atoms with Crippen molar-refractivity contribution < 1.29 is 9.53 Å². The quantitative estimate of drug-likeness (QED) is 0.317. The minimum atomic E-state index is -0.222. The molecule has 3 nitrogen and oxygen atoms in total. The van der Waals surface area contributed by atoms with E-state index in [4.69, 9.17) is 9.73 Å². The molecule has 148 valence electrons. The highest BCUT2D eigenvalue weighted by molar-refractivity contribution is 9.10. The Bertz CT molecular complexity index is 1010. The predicted octanol–water partition coefficient (Wildman–Crippen LogP) is 6.22. The second-order valence-corrected chi connectivity index (χ2v) is 7.52. The Hall–Kier alpha value is -2.72. The predicted molar refractivity (Wildman–Crippen MR) is 123 cm³/mol. The highest BCUT2D eigenvalue weighted by atomic mass is 79.9. The van der Waals surface area contributed by atoms with E-state index in [-0.39, 0.29) is 12.4 Å². The van der Waals surface area contributed by atoms with E-state index in [1.807, 2.05) is 49.4 Å². The molecule has 4 heteroatoms. The Morgan fingerprint density at radius 3 is 2.45 bits per heavy atom. The zero-order chi connectivity index (χ0) is 20.6. The lowest BCUT2D eigenvalue weighted by molar-refractivity contribution is -0.142. The van der Waals surface area contributed by atoms with Crippen LogP contribution in [0.15, 0.2) is 82.3 Å². The molecule has 0 saturated carbocycles. The van der Waals surface area contributed by atoms with Gasteiger partial charge in [-0.3, -0.25) is 9.79 Å². The van der Waals surface area contributed by atoms with Gasteiger partial charge in [-0.1, -0.05) is 82.7 Å². The lowest BCUT2D eigenvalue weighted by atomic mass is 9.92. The molecule has 0 saturated heterocycles. The molecular formula is C25H24BrNO2. The van der Waals surface area contributed by atoms with Crippen LogP contribution >= 0.6 is 15.9 Å². The molecule has 0 atom stereocenters. The number of ether oxygens (including phenoxy) is 1. The summed E-state index contributed by atoms with van der Waals surface area (Å²) in [6, 6.07) is 24.7. The van der Waals surface area contributed by atoms with Crippen molar-refractivity contribution in [3.05, 3.63) is 94.0 Å². The molecule has 0 spiro atoms. The Kier molecular flexibility index (Phi) is 7.36. The maximum atomic E-state index is 11.8. The summed E-state index contributed by atoms with van der Waals surface area (Å²) in [5, 5.41) is 0. The van der Waals surface area contributed by atoms with Crippen LogP contribution in [0.5, 0.6) is 0 Å². The van der Waals surface area contributed by atoms with E-state index in [1.165, 1.54) is 5.56 Å². The number of hydrogen-bond donors (Lipinski definition) is 0. The van der Waals surface area contributed by atoms with Crippen LogP contribution in [-0.4, -0.2) is 24.8 Å². The zero-order valence-electron chi connectivity index (χ0n) is 16.7. The van der Waals surface area contributed by atoms with E-state index in [2.05, 4.69) is 53.2 Å². The van der Waals surface area contributed by atoms with Crippen LogP contribution in [-0.2, 0) is 9.53 Å². The lowest BCUT2D eigenvalue weighted by Gasteiger charge is -2.14. The number of hydrogen-bond acceptors (Lipinski definition) is 3. The van der Waals surface area contributed by atoms with Gasteiger partial charge in [0.1, 0.15) is 0 Å². The van der Waals surface area contributed by atoms with Crippen LogP contribution < -0.4 is 0 Å². The molecular weight excluding hydrogens is 426 g/mol. The fourth-order valence-electron chi connectivity index (χ4n) is 3.17. The maximum Gasteiger partial charge on any atom is 0.307 e. The largest absolute Gasteiger partial charge is 0.466 e. The number of esters is 1. The number of carbonyl (C=O) groups is 1. The van der Waals surface area contributed by atoms with Crippen LogP contribution in [0, 0.1) is 6.92 Å². The van der Waals surface area contributed by atoms with Gasteiger partial charge in [0.25, 0.3) is 0 Å². The second kappa shape index (κ2) is 10.2. The Balaban J connectivity index is 2.04. The normalized spacial score (nSPS) is 11.3. The molecule has 3 aromatic rings. The molecule has 0 heterocycles. The van der Waals surface area contributed by atoms with Crippen LogP contribution in [0.2, 0.25) is 0 Å². The number of halogens is 1. The van der Waals surface area contributed by atoms with Gasteiger partial charge in [0, 0.05) is 15.6 Å². The third kappa shape index (κ3) is 5.42. The molecule has 0 aliphatic rings. The SMILES string of the molecule is CCOC(=O)CCN=C(c1ccccc1)c1ccccc1-c1ccc(Br)c(C)c1. The highest BCUT2D eigenvalue weighted by Crippen LogP contribution is 2.29. The van der Waals surface area contributed by atoms with Crippen molar-refractivity contribution in [3.63, 3.8) is 0 Å². The molecule has 0 radical (unpaired) electrons. The van der Waals surface area contributed by atoms with Crippen molar-refractivity contribution in [2.45, 2.75) is 20.3 Å². The first-order valence-electron chi connectivity index (χ1n) is 9.71. The van der Waals surface area contributed by atoms with E-state index in [0.717, 1.165) is 32.4 Å². The highest BCUT2D eigenvalue weighted by Gasteiger charge is 2.14. The van der Waals surface area contributed by atoms with Gasteiger partial charge in [0.05, 0.1) is 25.3 Å². The molecule has 3 rings (SSSR count). The summed E-state index contributed by atoms with van der Waals surface area (Å²) in [5.41, 5.74) is 6.38. The third-order valence-corrected chi connectivity index (χ3v) is 5.48. The number of carbonyl (C=O) groups excluding carboxylic acids is 1. The number of rotatable bonds is 7. The maximum absolute atomic E-state index is 11.8. The second-order valence-electron chi connectivity index (χ2n) is 6.66. The average Bonchev–Trinajstić information content (AvgIpc) is 2.74. The smallest absolute Gasteiger partial charge is 0.307 e. The van der Waals surface area contributed by atoms with Crippen LogP contribution in [0.25, 0.3) is 11.1 Å². The van der Waals surface area contributed by atoms with Gasteiger partial charge in [-0.15, -0.1) is 0 Å². The minimum absolute atomic E-state index is 0.222. The van der Waals surface area contributed by atoms with Crippen LogP contribution in [0.1, 0.15) is 30.0 Å². The van der Waals surface area contributed by atoms with Gasteiger partial charge >= 0.3 is 5.97 Å². The fraction of sp³-hybridized carbons (Fsp3) is 0.200. The first-order valence-corrected chi connectivity index (χ1v) is 10.5. The Morgan fingerprint density at radius 2 is 1.72 bits per heavy atom. The van der Waals surface area contributed by atoms with Crippen molar-refractivity contribution in [2.24, 2.45) is 4.99 Å². The molecule has 3 aromatic carbocycles. The van der Waals surface area contributed by atoms with Crippen molar-refractivity contribution >= 4 is 27.6 Å². The van der Waals surface area contributed by atoms with Gasteiger partial charge in [-0.2, -0.15) is 0 Å². The summed E-state index contributed by atoms with van der Waals surface area (Å²) in [5.74, 6) is -0.222. The topological polar surface area (TPSA) is 38.7 Å². The minimum Gasteiger partial charge on any atom is -0.466 e. The van der Waals surface area contributed by atoms with E-state index < -0.39 is 0 Å². The molecule has 0 unspecified atom stereocenters. The Labute approximate surface area is 180 Å². The van der Waals surface area contributed by atoms with E-state index in [9.17, 15) is 4.79 Å². The van der Waals surface area contributed by atoms with E-state index in [0.29, 0.717) is 13.2 Å². The van der Waals surface area contributed by atoms with Crippen molar-refractivity contribution in [1.29, 1.82) is 0 Å². The number of benzene rings is 3. The Morgan fingerprint density at radius 1 is 1.00 bits per heavy atom. The zero-order valence-corrected chi connectivity index (χ0v) is 18.3. The van der Waals surface area contributed by atoms with Crippen molar-refractivity contribution in [2.75, 3.05) is 13.2 Å². The van der Waals surface area contributed by atoms with Gasteiger partial charge in [-0.25, -0.2) is 0 Å². The molecule has 0 aliphatic heterocycles. The summed E-state index contributed by atoms with van der Waals surface area (Å²) in [6.07, 6.45) is 0.268. The third-order valence-electron chi connectivity index (χ3n) is 4.59. The summed E-state index contributed by atoms with van der Waals surface area (Å²) in [7, 11) is 0. The van der Waals surface area contributed by atoms with Crippen LogP contribution in [0.4, 0.5) is 0 Å². The van der Waals surface area contributed by atoms with E-state index in [1.54, 1.807) is 0 Å². The molecule has 0 N–H and O–H groups in total. The summed E-state index contributed by atoms with van der Waals surface area (Å²) >= 11 is 3.58. The summed E-state index contributed by atoms with van der Waals surface area (Å²) in [4.78, 5) is 16.6. The number of aliphatic imine (C=N–C) groups is 1. The van der Waals surface area contributed by atoms with Gasteiger partial charge in [0.15, 0.2) is 0 Å². The first-order chi connectivity index (χ1) is 14.1. The molecule has 0 aromatic heterocycles. The number of nitrogens with zero attached hydrogens (tertiary/aromatic N) is 1.